The van der Waals surface area contributed by atoms with Crippen molar-refractivity contribution in [1.29, 1.82) is 0 Å². The Morgan fingerprint density at radius 2 is 2.60 bits per heavy atom. The molecule has 0 aromatic rings. The van der Waals surface area contributed by atoms with Gasteiger partial charge < -0.3 is 4.89 Å². The lowest BCUT2D eigenvalue weighted by Crippen LogP contribution is -1.86. The maximum absolute atomic E-state index is 9.84. The van der Waals surface area contributed by atoms with Crippen LogP contribution in [0.15, 0.2) is 0 Å². The number of rotatable bonds is 1. The molecule has 0 saturated carbocycles. The van der Waals surface area contributed by atoms with Crippen molar-refractivity contribution in [2.45, 2.75) is 0 Å². The second kappa shape index (κ2) is 1.09. The molecule has 0 saturated heterocycles. The highest BCUT2D eigenvalue weighted by Crippen LogP contribution is 2.20. The average molecular weight is 96.0 g/mol. The van der Waals surface area contributed by atoms with Crippen LogP contribution in [0.25, 0.3) is 0 Å². The van der Waals surface area contributed by atoms with E-state index in [0.717, 1.165) is 6.66 Å². The monoisotopic (exact) mass is 96.0 g/mol. The van der Waals surface area contributed by atoms with Crippen molar-refractivity contribution in [3.8, 4) is 0 Å². The molecule has 3 N–H and O–H groups in total. The van der Waals surface area contributed by atoms with E-state index in [0.29, 0.717) is 0 Å². The minimum Gasteiger partial charge on any atom is -0.334 e. The summed E-state index contributed by atoms with van der Waals surface area (Å²) in [6.45, 7) is 1.06. The summed E-state index contributed by atoms with van der Waals surface area (Å²) in [5.74, 6) is 0. The van der Waals surface area contributed by atoms with E-state index in [2.05, 4.69) is 0 Å². The Balaban J connectivity index is 3.48. The zero-order chi connectivity index (χ0) is 5.21. The van der Waals surface area contributed by atoms with Gasteiger partial charge in [0.05, 0.1) is 0 Å². The minimum absolute atomic E-state index is 1.06. The lowest BCUT2D eigenvalue weighted by Gasteiger charge is -1.86. The maximum Gasteiger partial charge on any atom is 0.261 e. The summed E-state index contributed by atoms with van der Waals surface area (Å²) in [6.07, 6.45) is 0. The van der Waals surface area contributed by atoms with Gasteiger partial charge in [-0.05, 0) is 0 Å². The molecule has 0 aliphatic carbocycles. The van der Waals surface area contributed by atoms with Crippen molar-refractivity contribution in [2.24, 2.45) is 5.50 Å². The Hall–Kier alpha value is 0.150. The predicted octanol–water partition coefficient (Wildman–Crippen LogP) is -0.240. The van der Waals surface area contributed by atoms with E-state index in [1.165, 1.54) is 5.50 Å². The Kier molecular flexibility index (Phi) is 0.728. The third-order valence-corrected chi connectivity index (χ3v) is 0. The minimum atomic E-state index is -3.23. The van der Waals surface area contributed by atoms with Crippen molar-refractivity contribution >= 4 is 7.52 Å². The van der Waals surface area contributed by atoms with E-state index < -0.39 is 7.52 Å². The van der Waals surface area contributed by atoms with E-state index in [1.54, 1.807) is 0 Å². The third-order valence-electron chi connectivity index (χ3n) is 0. The Morgan fingerprint density at radius 1 is 2.40 bits per heavy atom. The van der Waals surface area contributed by atoms with Crippen molar-refractivity contribution in [1.82, 2.24) is 0 Å². The molecule has 3 nitrogen and oxygen atoms in total. The van der Waals surface area contributed by atoms with Gasteiger partial charge in [0, 0.05) is 6.66 Å². The van der Waals surface area contributed by atoms with E-state index in [1.807, 2.05) is 0 Å². The summed E-state index contributed by atoms with van der Waals surface area (Å²) >= 11 is 0. The van der Waals surface area contributed by atoms with Crippen molar-refractivity contribution < 1.29 is 10.9 Å². The fourth-order valence-corrected chi connectivity index (χ4v) is 0. The molecule has 32 valence electrons. The molecule has 0 amide bonds. The maximum atomic E-state index is 9.84. The van der Waals surface area contributed by atoms with Crippen LogP contribution >= 0.6 is 7.52 Å². The van der Waals surface area contributed by atoms with Crippen molar-refractivity contribution in [3.05, 3.63) is 0 Å². The Labute approximate surface area is 31.8 Å². The average Bonchev–Trinajstić information content (AvgIpc) is 1.35. The fraction of sp³-hybridized carbons (Fsp3) is 1.00. The zero-order valence-corrected chi connectivity index (χ0v) is 3.70. The molecule has 0 aliphatic rings. The van der Waals surface area contributed by atoms with Crippen LogP contribution in [-0.2, 0) is 4.57 Å². The van der Waals surface area contributed by atoms with Crippen LogP contribution in [0.3, 0.4) is 0 Å². The van der Waals surface area contributed by atoms with Gasteiger partial charge in [0.15, 0.2) is 0 Å². The molecule has 0 fully saturated rings. The highest BCUT2D eigenvalue weighted by atomic mass is 31.2. The SMILES string of the molecule is [2H]NP(C)(=O)O. The molecular formula is CH6NO2P. The van der Waals surface area contributed by atoms with Crippen LogP contribution in [0, 0.1) is 0 Å². The van der Waals surface area contributed by atoms with Crippen molar-refractivity contribution in [3.63, 3.8) is 0 Å². The topological polar surface area (TPSA) is 63.3 Å². The molecular weight excluding hydrogens is 89.0 g/mol. The van der Waals surface area contributed by atoms with Gasteiger partial charge in [0.1, 0.15) is 1.41 Å². The lowest BCUT2D eigenvalue weighted by atomic mass is 12.0. The van der Waals surface area contributed by atoms with Gasteiger partial charge in [-0.3, -0.25) is 10.1 Å². The molecule has 0 bridgehead atoms. The summed E-state index contributed by atoms with van der Waals surface area (Å²) in [5.41, 5.74) is 1.47. The smallest absolute Gasteiger partial charge is 0.261 e. The molecule has 5 heavy (non-hydrogen) atoms. The van der Waals surface area contributed by atoms with Gasteiger partial charge in [0.2, 0.25) is 0 Å². The summed E-state index contributed by atoms with van der Waals surface area (Å²) < 4.78 is 15.9. The fourth-order valence-electron chi connectivity index (χ4n) is 0. The van der Waals surface area contributed by atoms with Crippen LogP contribution in [-0.4, -0.2) is 11.6 Å². The highest BCUT2D eigenvalue weighted by molar-refractivity contribution is 7.54. The normalized spacial score (nSPS) is 24.0. The molecule has 0 rings (SSSR count). The van der Waals surface area contributed by atoms with E-state index >= 15 is 0 Å². The second-order valence-corrected chi connectivity index (χ2v) is 2.64. The van der Waals surface area contributed by atoms with Gasteiger partial charge in [-0.2, -0.15) is 0 Å². The molecule has 1 unspecified atom stereocenters. The molecule has 1 atom stereocenters. The molecule has 0 heterocycles. The number of hydrogen-bond donors (Lipinski definition) is 2. The summed E-state index contributed by atoms with van der Waals surface area (Å²) in [4.78, 5) is 8.08. The van der Waals surface area contributed by atoms with Crippen molar-refractivity contribution in [2.75, 3.05) is 6.66 Å². The molecule has 0 spiro atoms. The standard InChI is InChI=1S/CH6NO2P/c1-5(2,3)4/h1H3,(H3,2,3,4)/i/hD. The van der Waals surface area contributed by atoms with Gasteiger partial charge in [-0.1, -0.05) is 0 Å². The Bertz CT molecular complexity index is 77.6. The highest BCUT2D eigenvalue weighted by Gasteiger charge is 1.92. The molecule has 4 heteroatoms. The lowest BCUT2D eigenvalue weighted by molar-refractivity contribution is 0.486. The molecule has 0 aromatic heterocycles. The number of nitrogens with two attached hydrogens (primary N) is 1. The van der Waals surface area contributed by atoms with Crippen LogP contribution in [0.5, 0.6) is 0 Å². The largest absolute Gasteiger partial charge is 0.334 e. The van der Waals surface area contributed by atoms with Gasteiger partial charge in [-0.15, -0.1) is 0 Å². The van der Waals surface area contributed by atoms with Gasteiger partial charge in [0.25, 0.3) is 7.52 Å². The first-order valence-corrected chi connectivity index (χ1v) is 3.16. The van der Waals surface area contributed by atoms with E-state index in [9.17, 15) is 4.57 Å². The van der Waals surface area contributed by atoms with E-state index in [-0.39, 0.29) is 0 Å². The first-order chi connectivity index (χ1) is 2.56. The zero-order valence-electron chi connectivity index (χ0n) is 3.80. The quantitative estimate of drug-likeness (QED) is 0.443. The second-order valence-electron chi connectivity index (χ2n) is 0.879. The molecule has 0 radical (unpaired) electrons. The van der Waals surface area contributed by atoms with Crippen LogP contribution in [0.2, 0.25) is 1.41 Å². The van der Waals surface area contributed by atoms with Crippen LogP contribution < -0.4 is 5.50 Å². The first-order valence-electron chi connectivity index (χ1n) is 1.55. The first kappa shape index (κ1) is 3.34. The van der Waals surface area contributed by atoms with Crippen LogP contribution in [0.4, 0.5) is 0 Å². The van der Waals surface area contributed by atoms with E-state index in [4.69, 9.17) is 6.31 Å². The summed E-state index contributed by atoms with van der Waals surface area (Å²) in [7, 11) is -3.23. The van der Waals surface area contributed by atoms with Gasteiger partial charge in [-0.25, -0.2) is 0 Å². The van der Waals surface area contributed by atoms with Crippen LogP contribution in [0.1, 0.15) is 0 Å². The third kappa shape index (κ3) is 853. The van der Waals surface area contributed by atoms with Gasteiger partial charge >= 0.3 is 0 Å². The summed E-state index contributed by atoms with van der Waals surface area (Å²) in [5, 5.41) is 0. The molecule has 0 aromatic carbocycles. The Morgan fingerprint density at radius 3 is 2.60 bits per heavy atom. The molecule has 0 aliphatic heterocycles. The number of hydrogen-bond acceptors (Lipinski definition) is 1. The summed E-state index contributed by atoms with van der Waals surface area (Å²) in [6, 6.07) is 0. The predicted molar refractivity (Wildman–Crippen MR) is 19.9 cm³/mol.